The van der Waals surface area contributed by atoms with Crippen LogP contribution in [0.3, 0.4) is 0 Å². The molecule has 5 nitrogen and oxygen atoms in total. The number of benzene rings is 1. The van der Waals surface area contributed by atoms with Crippen molar-refractivity contribution in [3.8, 4) is 0 Å². The van der Waals surface area contributed by atoms with E-state index in [0.717, 1.165) is 50.8 Å². The predicted molar refractivity (Wildman–Crippen MR) is 101 cm³/mol. The summed E-state index contributed by atoms with van der Waals surface area (Å²) in [7, 11) is 1.96. The molecule has 1 saturated heterocycles. The zero-order chi connectivity index (χ0) is 16.8. The lowest BCUT2D eigenvalue weighted by atomic mass is 10.1. The lowest BCUT2D eigenvalue weighted by Gasteiger charge is -2.36. The molecule has 0 atom stereocenters. The summed E-state index contributed by atoms with van der Waals surface area (Å²) in [5, 5.41) is 8.51. The summed E-state index contributed by atoms with van der Waals surface area (Å²) in [6.07, 6.45) is 5.03. The largest absolute Gasteiger partial charge is 0.362 e. The standard InChI is InChI=1S/C18H25N5S/c1-21-14-17(13-20-21)15-22-9-11-23(12-10-22)18(24)19-8-7-16-5-3-2-4-6-16/h2-6,13-14H,7-12,15H2,1H3,(H,19,24). The summed E-state index contributed by atoms with van der Waals surface area (Å²) in [4.78, 5) is 4.74. The van der Waals surface area contributed by atoms with Crippen LogP contribution >= 0.6 is 12.2 Å². The minimum absolute atomic E-state index is 0.881. The number of piperazine rings is 1. The number of nitrogens with one attached hydrogen (secondary N) is 1. The minimum atomic E-state index is 0.881. The van der Waals surface area contributed by atoms with Crippen molar-refractivity contribution in [3.63, 3.8) is 0 Å². The fourth-order valence-corrected chi connectivity index (χ4v) is 3.28. The lowest BCUT2D eigenvalue weighted by molar-refractivity contribution is 0.174. The molecular formula is C18H25N5S. The number of hydrogen-bond donors (Lipinski definition) is 1. The zero-order valence-corrected chi connectivity index (χ0v) is 15.0. The Labute approximate surface area is 149 Å². The van der Waals surface area contributed by atoms with Gasteiger partial charge in [0.25, 0.3) is 0 Å². The maximum absolute atomic E-state index is 5.54. The molecule has 3 rings (SSSR count). The van der Waals surface area contributed by atoms with Gasteiger partial charge in [-0.1, -0.05) is 30.3 Å². The van der Waals surface area contributed by atoms with Gasteiger partial charge in [-0.25, -0.2) is 0 Å². The van der Waals surface area contributed by atoms with Gasteiger partial charge < -0.3 is 10.2 Å². The highest BCUT2D eigenvalue weighted by Gasteiger charge is 2.19. The van der Waals surface area contributed by atoms with Gasteiger partial charge >= 0.3 is 0 Å². The number of aromatic nitrogens is 2. The highest BCUT2D eigenvalue weighted by Crippen LogP contribution is 2.08. The second-order valence-electron chi connectivity index (χ2n) is 6.25. The first-order valence-corrected chi connectivity index (χ1v) is 8.88. The normalized spacial score (nSPS) is 15.5. The molecule has 24 heavy (non-hydrogen) atoms. The van der Waals surface area contributed by atoms with Gasteiger partial charge in [0.1, 0.15) is 0 Å². The quantitative estimate of drug-likeness (QED) is 0.836. The lowest BCUT2D eigenvalue weighted by Crippen LogP contribution is -2.51. The molecule has 1 fully saturated rings. The summed E-state index contributed by atoms with van der Waals surface area (Å²) in [6.45, 7) is 5.90. The van der Waals surface area contributed by atoms with Crippen molar-refractivity contribution in [1.82, 2.24) is 24.9 Å². The molecule has 1 aliphatic rings. The molecule has 0 radical (unpaired) electrons. The van der Waals surface area contributed by atoms with E-state index in [4.69, 9.17) is 12.2 Å². The van der Waals surface area contributed by atoms with Crippen LogP contribution in [-0.2, 0) is 20.0 Å². The number of nitrogens with zero attached hydrogens (tertiary/aromatic N) is 4. The Hall–Kier alpha value is -1.92. The predicted octanol–water partition coefficient (Wildman–Crippen LogP) is 1.65. The molecule has 1 aromatic carbocycles. The highest BCUT2D eigenvalue weighted by atomic mass is 32.1. The van der Waals surface area contributed by atoms with Crippen LogP contribution in [0.5, 0.6) is 0 Å². The Kier molecular flexibility index (Phi) is 5.82. The average molecular weight is 344 g/mol. The van der Waals surface area contributed by atoms with Crippen LogP contribution in [0.25, 0.3) is 0 Å². The van der Waals surface area contributed by atoms with Gasteiger partial charge in [-0.2, -0.15) is 5.10 Å². The Morgan fingerprint density at radius 1 is 1.12 bits per heavy atom. The van der Waals surface area contributed by atoms with Gasteiger partial charge in [-0.15, -0.1) is 0 Å². The van der Waals surface area contributed by atoms with Crippen LogP contribution in [0.1, 0.15) is 11.1 Å². The molecule has 6 heteroatoms. The van der Waals surface area contributed by atoms with E-state index in [-0.39, 0.29) is 0 Å². The van der Waals surface area contributed by atoms with Crippen LogP contribution < -0.4 is 5.32 Å². The third-order valence-electron chi connectivity index (χ3n) is 4.36. The zero-order valence-electron chi connectivity index (χ0n) is 14.2. The van der Waals surface area contributed by atoms with Gasteiger partial charge in [0.15, 0.2) is 5.11 Å². The second kappa shape index (κ2) is 8.26. The molecular weight excluding hydrogens is 318 g/mol. The first kappa shape index (κ1) is 16.9. The monoisotopic (exact) mass is 343 g/mol. The number of rotatable bonds is 5. The molecule has 0 bridgehead atoms. The van der Waals surface area contributed by atoms with Crippen LogP contribution in [0.2, 0.25) is 0 Å². The molecule has 1 aliphatic heterocycles. The Balaban J connectivity index is 1.37. The van der Waals surface area contributed by atoms with E-state index in [0.29, 0.717) is 0 Å². The SMILES string of the molecule is Cn1cc(CN2CCN(C(=S)NCCc3ccccc3)CC2)cn1. The molecule has 0 spiro atoms. The summed E-state index contributed by atoms with van der Waals surface area (Å²) in [5.74, 6) is 0. The van der Waals surface area contributed by atoms with Crippen molar-refractivity contribution in [2.24, 2.45) is 7.05 Å². The smallest absolute Gasteiger partial charge is 0.169 e. The van der Waals surface area contributed by atoms with E-state index in [2.05, 4.69) is 50.7 Å². The summed E-state index contributed by atoms with van der Waals surface area (Å²) in [6, 6.07) is 10.5. The van der Waals surface area contributed by atoms with E-state index in [1.165, 1.54) is 11.1 Å². The van der Waals surface area contributed by atoms with Crippen molar-refractivity contribution in [2.45, 2.75) is 13.0 Å². The summed E-state index contributed by atoms with van der Waals surface area (Å²) >= 11 is 5.54. The molecule has 1 N–H and O–H groups in total. The Morgan fingerprint density at radius 2 is 1.88 bits per heavy atom. The fourth-order valence-electron chi connectivity index (χ4n) is 2.99. The molecule has 0 aliphatic carbocycles. The van der Waals surface area contributed by atoms with E-state index in [1.54, 1.807) is 0 Å². The molecule has 0 amide bonds. The van der Waals surface area contributed by atoms with E-state index < -0.39 is 0 Å². The van der Waals surface area contributed by atoms with E-state index in [9.17, 15) is 0 Å². The first-order valence-electron chi connectivity index (χ1n) is 8.47. The van der Waals surface area contributed by atoms with Crippen LogP contribution in [0.15, 0.2) is 42.7 Å². The molecule has 128 valence electrons. The maximum Gasteiger partial charge on any atom is 0.169 e. The van der Waals surface area contributed by atoms with Crippen molar-refractivity contribution in [3.05, 3.63) is 53.9 Å². The first-order chi connectivity index (χ1) is 11.7. The van der Waals surface area contributed by atoms with Gasteiger partial charge in [0.05, 0.1) is 6.20 Å². The van der Waals surface area contributed by atoms with Crippen molar-refractivity contribution < 1.29 is 0 Å². The van der Waals surface area contributed by atoms with Gasteiger partial charge in [0, 0.05) is 58.1 Å². The van der Waals surface area contributed by atoms with Gasteiger partial charge in [-0.05, 0) is 24.2 Å². The summed E-state index contributed by atoms with van der Waals surface area (Å²) < 4.78 is 1.86. The van der Waals surface area contributed by atoms with Crippen LogP contribution in [0.4, 0.5) is 0 Å². The van der Waals surface area contributed by atoms with Crippen LogP contribution in [-0.4, -0.2) is 57.4 Å². The average Bonchev–Trinajstić information content (AvgIpc) is 3.01. The van der Waals surface area contributed by atoms with E-state index in [1.807, 2.05) is 24.0 Å². The van der Waals surface area contributed by atoms with Crippen molar-refractivity contribution in [2.75, 3.05) is 32.7 Å². The molecule has 0 unspecified atom stereocenters. The summed E-state index contributed by atoms with van der Waals surface area (Å²) in [5.41, 5.74) is 2.61. The number of thiocarbonyl (C=S) groups is 1. The second-order valence-corrected chi connectivity index (χ2v) is 6.64. The minimum Gasteiger partial charge on any atom is -0.362 e. The van der Waals surface area contributed by atoms with Gasteiger partial charge in [-0.3, -0.25) is 9.58 Å². The van der Waals surface area contributed by atoms with Crippen LogP contribution in [0, 0.1) is 0 Å². The Bertz CT molecular complexity index is 646. The topological polar surface area (TPSA) is 36.3 Å². The highest BCUT2D eigenvalue weighted by molar-refractivity contribution is 7.80. The molecule has 2 heterocycles. The van der Waals surface area contributed by atoms with E-state index >= 15 is 0 Å². The third kappa shape index (κ3) is 4.79. The van der Waals surface area contributed by atoms with Crippen molar-refractivity contribution in [1.29, 1.82) is 0 Å². The Morgan fingerprint density at radius 3 is 2.54 bits per heavy atom. The third-order valence-corrected chi connectivity index (χ3v) is 4.76. The van der Waals surface area contributed by atoms with Crippen molar-refractivity contribution >= 4 is 17.3 Å². The van der Waals surface area contributed by atoms with Gasteiger partial charge in [0.2, 0.25) is 0 Å². The molecule has 1 aromatic heterocycles. The number of aryl methyl sites for hydroxylation is 1. The molecule has 0 saturated carbocycles. The molecule has 2 aromatic rings. The fraction of sp³-hybridized carbons (Fsp3) is 0.444. The maximum atomic E-state index is 5.54. The number of hydrogen-bond acceptors (Lipinski definition) is 3.